The third-order valence-corrected chi connectivity index (χ3v) is 3.05. The Kier molecular flexibility index (Phi) is 15.4. The van der Waals surface area contributed by atoms with Crippen molar-refractivity contribution in [3.8, 4) is 0 Å². The number of carbonyl (C=O) groups excluding carboxylic acids is 1. The van der Waals surface area contributed by atoms with E-state index in [-0.39, 0.29) is 0 Å². The van der Waals surface area contributed by atoms with Crippen molar-refractivity contribution in [2.24, 2.45) is 9.98 Å². The van der Waals surface area contributed by atoms with Gasteiger partial charge in [0, 0.05) is 6.54 Å². The second-order valence-electron chi connectivity index (χ2n) is 4.48. The van der Waals surface area contributed by atoms with Gasteiger partial charge in [0.2, 0.25) is 6.08 Å². The summed E-state index contributed by atoms with van der Waals surface area (Å²) in [6.07, 6.45) is 14.0. The van der Waals surface area contributed by atoms with Gasteiger partial charge >= 0.3 is 0 Å². The molecule has 0 aliphatic rings. The number of aliphatic imine (C=N–C) groups is 2. The SMILES string of the molecule is O=C=NCCCCCCCCCCCCN=C=S. The number of nitrogens with zero attached hydrogens (tertiary/aromatic N) is 2. The highest BCUT2D eigenvalue weighted by Crippen LogP contribution is 2.10. The average molecular weight is 268 g/mol. The highest BCUT2D eigenvalue weighted by Gasteiger charge is 1.92. The van der Waals surface area contributed by atoms with Gasteiger partial charge in [0.15, 0.2) is 0 Å². The van der Waals surface area contributed by atoms with Crippen LogP contribution in [0.5, 0.6) is 0 Å². The monoisotopic (exact) mass is 268 g/mol. The Bertz CT molecular complexity index is 241. The van der Waals surface area contributed by atoms with E-state index in [2.05, 4.69) is 27.4 Å². The van der Waals surface area contributed by atoms with Crippen LogP contribution >= 0.6 is 12.2 Å². The summed E-state index contributed by atoms with van der Waals surface area (Å²) in [7, 11) is 0. The summed E-state index contributed by atoms with van der Waals surface area (Å²) >= 11 is 4.50. The molecule has 0 aliphatic carbocycles. The molecule has 0 aromatic carbocycles. The van der Waals surface area contributed by atoms with Gasteiger partial charge < -0.3 is 0 Å². The Labute approximate surface area is 116 Å². The maximum atomic E-state index is 9.82. The first-order valence-electron chi connectivity index (χ1n) is 6.99. The van der Waals surface area contributed by atoms with E-state index >= 15 is 0 Å². The summed E-state index contributed by atoms with van der Waals surface area (Å²) in [6.45, 7) is 1.49. The zero-order valence-electron chi connectivity index (χ0n) is 11.2. The molecule has 0 atom stereocenters. The smallest absolute Gasteiger partial charge is 0.233 e. The maximum absolute atomic E-state index is 9.82. The van der Waals surface area contributed by atoms with E-state index < -0.39 is 0 Å². The lowest BCUT2D eigenvalue weighted by Gasteiger charge is -2.01. The number of hydrogen-bond donors (Lipinski definition) is 0. The minimum Gasteiger partial charge on any atom is -0.233 e. The van der Waals surface area contributed by atoms with E-state index in [4.69, 9.17) is 0 Å². The van der Waals surface area contributed by atoms with Crippen molar-refractivity contribution in [1.29, 1.82) is 0 Å². The fourth-order valence-electron chi connectivity index (χ4n) is 1.89. The lowest BCUT2D eigenvalue weighted by Crippen LogP contribution is -1.85. The van der Waals surface area contributed by atoms with Crippen molar-refractivity contribution in [3.63, 3.8) is 0 Å². The van der Waals surface area contributed by atoms with E-state index in [1.807, 2.05) is 0 Å². The number of unbranched alkanes of at least 4 members (excludes halogenated alkanes) is 9. The molecule has 0 bridgehead atoms. The Hall–Kier alpha value is -0.820. The molecule has 0 amide bonds. The zero-order valence-corrected chi connectivity index (χ0v) is 12.0. The molecule has 0 saturated carbocycles. The van der Waals surface area contributed by atoms with Crippen LogP contribution in [0.4, 0.5) is 0 Å². The number of isothiocyanates is 1. The molecule has 0 unspecified atom stereocenters. The second-order valence-corrected chi connectivity index (χ2v) is 4.66. The average Bonchev–Trinajstić information content (AvgIpc) is 2.39. The molecule has 0 saturated heterocycles. The Morgan fingerprint density at radius 1 is 0.667 bits per heavy atom. The zero-order chi connectivity index (χ0) is 13.3. The molecule has 102 valence electrons. The fraction of sp³-hybridized carbons (Fsp3) is 0.857. The van der Waals surface area contributed by atoms with E-state index in [1.165, 1.54) is 51.4 Å². The summed E-state index contributed by atoms with van der Waals surface area (Å²) in [5.74, 6) is 0. The van der Waals surface area contributed by atoms with Crippen molar-refractivity contribution < 1.29 is 4.79 Å². The Balaban J connectivity index is 2.98. The summed E-state index contributed by atoms with van der Waals surface area (Å²) in [6, 6.07) is 0. The molecule has 0 N–H and O–H groups in total. The minimum atomic E-state index is 0.647. The van der Waals surface area contributed by atoms with Crippen LogP contribution < -0.4 is 0 Å². The molecule has 0 aromatic rings. The maximum Gasteiger partial charge on any atom is 0.234 e. The molecule has 3 nitrogen and oxygen atoms in total. The van der Waals surface area contributed by atoms with Crippen molar-refractivity contribution in [1.82, 2.24) is 0 Å². The molecule has 0 radical (unpaired) electrons. The molecule has 0 rings (SSSR count). The standard InChI is InChI=1S/C14H24N2OS/c17-13-15-11-9-7-5-3-1-2-4-6-8-10-12-16-14-18/h1-12H2. The number of isocyanates is 1. The quantitative estimate of drug-likeness (QED) is 0.216. The van der Waals surface area contributed by atoms with Gasteiger partial charge in [-0.05, 0) is 25.1 Å². The predicted octanol–water partition coefficient (Wildman–Crippen LogP) is 4.33. The third-order valence-electron chi connectivity index (χ3n) is 2.92. The van der Waals surface area contributed by atoms with Crippen LogP contribution in [0.2, 0.25) is 0 Å². The van der Waals surface area contributed by atoms with Crippen LogP contribution in [-0.4, -0.2) is 24.3 Å². The Morgan fingerprint density at radius 2 is 1.06 bits per heavy atom. The normalized spacial score (nSPS) is 9.56. The predicted molar refractivity (Wildman–Crippen MR) is 79.1 cm³/mol. The lowest BCUT2D eigenvalue weighted by atomic mass is 10.1. The molecule has 18 heavy (non-hydrogen) atoms. The topological polar surface area (TPSA) is 41.8 Å². The van der Waals surface area contributed by atoms with Crippen LogP contribution in [0, 0.1) is 0 Å². The first kappa shape index (κ1) is 17.2. The molecule has 0 spiro atoms. The van der Waals surface area contributed by atoms with Crippen LogP contribution in [0.25, 0.3) is 0 Å². The van der Waals surface area contributed by atoms with Crippen molar-refractivity contribution in [2.75, 3.05) is 13.1 Å². The van der Waals surface area contributed by atoms with Crippen LogP contribution in [0.3, 0.4) is 0 Å². The number of thiocarbonyl (C=S) groups is 1. The number of rotatable bonds is 13. The largest absolute Gasteiger partial charge is 0.234 e. The highest BCUT2D eigenvalue weighted by molar-refractivity contribution is 7.78. The van der Waals surface area contributed by atoms with Gasteiger partial charge in [0.05, 0.1) is 11.7 Å². The molecule has 0 fully saturated rings. The van der Waals surface area contributed by atoms with Crippen molar-refractivity contribution >= 4 is 23.5 Å². The second kappa shape index (κ2) is 16.2. The molecule has 0 heterocycles. The molecular weight excluding hydrogens is 244 g/mol. The van der Waals surface area contributed by atoms with Gasteiger partial charge in [-0.1, -0.05) is 51.4 Å². The number of hydrogen-bond acceptors (Lipinski definition) is 4. The van der Waals surface area contributed by atoms with Crippen LogP contribution in [0.15, 0.2) is 9.98 Å². The van der Waals surface area contributed by atoms with Gasteiger partial charge in [0.25, 0.3) is 0 Å². The summed E-state index contributed by atoms with van der Waals surface area (Å²) < 4.78 is 0. The highest BCUT2D eigenvalue weighted by atomic mass is 32.1. The van der Waals surface area contributed by atoms with Gasteiger partial charge in [-0.3, -0.25) is 0 Å². The third kappa shape index (κ3) is 15.2. The Morgan fingerprint density at radius 3 is 1.44 bits per heavy atom. The van der Waals surface area contributed by atoms with Gasteiger partial charge in [0.1, 0.15) is 0 Å². The van der Waals surface area contributed by atoms with Gasteiger partial charge in [-0.15, -0.1) is 0 Å². The van der Waals surface area contributed by atoms with E-state index in [1.54, 1.807) is 6.08 Å². The summed E-state index contributed by atoms with van der Waals surface area (Å²) in [4.78, 5) is 17.2. The molecule has 0 aliphatic heterocycles. The molecule has 0 aromatic heterocycles. The van der Waals surface area contributed by atoms with E-state index in [9.17, 15) is 4.79 Å². The van der Waals surface area contributed by atoms with Crippen molar-refractivity contribution in [2.45, 2.75) is 64.2 Å². The summed E-state index contributed by atoms with van der Waals surface area (Å²) in [5, 5.41) is 2.39. The minimum absolute atomic E-state index is 0.647. The van der Waals surface area contributed by atoms with Gasteiger partial charge in [-0.2, -0.15) is 0 Å². The van der Waals surface area contributed by atoms with Gasteiger partial charge in [-0.25, -0.2) is 14.8 Å². The van der Waals surface area contributed by atoms with E-state index in [0.717, 1.165) is 19.4 Å². The lowest BCUT2D eigenvalue weighted by molar-refractivity contribution is 0.550. The first-order chi connectivity index (χ1) is 8.91. The first-order valence-corrected chi connectivity index (χ1v) is 7.40. The van der Waals surface area contributed by atoms with Crippen LogP contribution in [0.1, 0.15) is 64.2 Å². The molecule has 4 heteroatoms. The fourth-order valence-corrected chi connectivity index (χ4v) is 1.98. The van der Waals surface area contributed by atoms with E-state index in [0.29, 0.717) is 6.54 Å². The summed E-state index contributed by atoms with van der Waals surface area (Å²) in [5.41, 5.74) is 0. The van der Waals surface area contributed by atoms with Crippen LogP contribution in [-0.2, 0) is 4.79 Å². The molecular formula is C14H24N2OS. The van der Waals surface area contributed by atoms with Crippen molar-refractivity contribution in [3.05, 3.63) is 0 Å².